The molecule has 0 bridgehead atoms. The lowest BCUT2D eigenvalue weighted by Gasteiger charge is -2.25. The maximum absolute atomic E-state index is 14.0. The average molecular weight is 674 g/mol. The average Bonchev–Trinajstić information content (AvgIpc) is 3.26. The van der Waals surface area contributed by atoms with Crippen LogP contribution in [0.3, 0.4) is 0 Å². The predicted molar refractivity (Wildman–Crippen MR) is 161 cm³/mol. The zero-order valence-electron chi connectivity index (χ0n) is 24.1. The molecule has 1 aliphatic heterocycles. The number of benzene rings is 2. The molecule has 0 radical (unpaired) electrons. The normalized spacial score (nSPS) is 14.5. The Bertz CT molecular complexity index is 1790. The molecule has 43 heavy (non-hydrogen) atoms. The maximum Gasteiger partial charge on any atom is 0.343 e. The number of nitrogens with zero attached hydrogens (tertiary/aromatic N) is 2. The lowest BCUT2D eigenvalue weighted by molar-refractivity contribution is -0.143. The highest BCUT2D eigenvalue weighted by atomic mass is 79.9. The van der Waals surface area contributed by atoms with Crippen molar-refractivity contribution in [2.45, 2.75) is 33.7 Å². The summed E-state index contributed by atoms with van der Waals surface area (Å²) in [6.45, 7) is 6.54. The van der Waals surface area contributed by atoms with E-state index in [-0.39, 0.29) is 36.9 Å². The standard InChI is InChI=1S/C30H29BrN2O9S/c1-6-39-23-13-18(8-10-22(23)41-15-25(35)38-5)27-26(29(37)40-7-2)16(3)32-30-33(27)28(36)24(43-30)14-19-12-20(31)9-11-21(19)42-17(4)34/h8-14,27H,6-7,15H2,1-5H3/b24-14+/t27-/m0/s1. The highest BCUT2D eigenvalue weighted by molar-refractivity contribution is 9.10. The number of rotatable bonds is 10. The van der Waals surface area contributed by atoms with E-state index in [2.05, 4.69) is 25.7 Å². The molecule has 1 aliphatic rings. The fraction of sp³-hybridized carbons (Fsp3) is 0.300. The van der Waals surface area contributed by atoms with Gasteiger partial charge in [-0.3, -0.25) is 14.2 Å². The summed E-state index contributed by atoms with van der Waals surface area (Å²) < 4.78 is 29.2. The Morgan fingerprint density at radius 1 is 1.05 bits per heavy atom. The molecule has 1 aromatic heterocycles. The van der Waals surface area contributed by atoms with Gasteiger partial charge in [0, 0.05) is 17.0 Å². The third-order valence-corrected chi connectivity index (χ3v) is 7.66. The topological polar surface area (TPSA) is 132 Å². The van der Waals surface area contributed by atoms with Gasteiger partial charge in [-0.05, 0) is 62.7 Å². The van der Waals surface area contributed by atoms with Gasteiger partial charge in [0.05, 0.1) is 42.2 Å². The first-order chi connectivity index (χ1) is 20.6. The third kappa shape index (κ3) is 7.05. The number of thiazole rings is 1. The Balaban J connectivity index is 1.92. The number of esters is 3. The van der Waals surface area contributed by atoms with Crippen molar-refractivity contribution in [2.24, 2.45) is 4.99 Å². The Morgan fingerprint density at radius 2 is 1.79 bits per heavy atom. The highest BCUT2D eigenvalue weighted by Gasteiger charge is 2.34. The maximum atomic E-state index is 14.0. The van der Waals surface area contributed by atoms with Crippen LogP contribution in [-0.4, -0.2) is 49.4 Å². The Hall–Kier alpha value is -4.23. The molecule has 0 N–H and O–H groups in total. The molecule has 226 valence electrons. The lowest BCUT2D eigenvalue weighted by atomic mass is 9.95. The number of halogens is 1. The highest BCUT2D eigenvalue weighted by Crippen LogP contribution is 2.36. The molecule has 0 saturated carbocycles. The van der Waals surface area contributed by atoms with Gasteiger partial charge in [0.15, 0.2) is 22.9 Å². The van der Waals surface area contributed by atoms with E-state index in [0.29, 0.717) is 31.9 Å². The molecular weight excluding hydrogens is 644 g/mol. The quantitative estimate of drug-likeness (QED) is 0.235. The van der Waals surface area contributed by atoms with Gasteiger partial charge in [0.2, 0.25) is 0 Å². The molecule has 0 saturated heterocycles. The van der Waals surface area contributed by atoms with Gasteiger partial charge in [0.25, 0.3) is 5.56 Å². The predicted octanol–water partition coefficient (Wildman–Crippen LogP) is 3.44. The van der Waals surface area contributed by atoms with E-state index in [1.165, 1.54) is 18.6 Å². The van der Waals surface area contributed by atoms with Gasteiger partial charge >= 0.3 is 17.9 Å². The molecule has 0 unspecified atom stereocenters. The number of fused-ring (bicyclic) bond motifs is 1. The van der Waals surface area contributed by atoms with Crippen molar-refractivity contribution >= 4 is 51.3 Å². The molecule has 0 spiro atoms. The zero-order valence-corrected chi connectivity index (χ0v) is 26.5. The van der Waals surface area contributed by atoms with Crippen LogP contribution >= 0.6 is 27.3 Å². The second-order valence-electron chi connectivity index (χ2n) is 9.08. The minimum Gasteiger partial charge on any atom is -0.490 e. The lowest BCUT2D eigenvalue weighted by Crippen LogP contribution is -2.40. The van der Waals surface area contributed by atoms with E-state index in [1.807, 2.05) is 0 Å². The number of methoxy groups -OCH3 is 1. The Morgan fingerprint density at radius 3 is 2.47 bits per heavy atom. The van der Waals surface area contributed by atoms with Gasteiger partial charge in [-0.2, -0.15) is 0 Å². The first kappa shape index (κ1) is 31.7. The van der Waals surface area contributed by atoms with Crippen LogP contribution in [0, 0.1) is 0 Å². The molecule has 0 fully saturated rings. The number of allylic oxidation sites excluding steroid dienone is 1. The van der Waals surface area contributed by atoms with Crippen molar-refractivity contribution in [3.63, 3.8) is 0 Å². The van der Waals surface area contributed by atoms with Crippen molar-refractivity contribution in [1.29, 1.82) is 0 Å². The third-order valence-electron chi connectivity index (χ3n) is 6.19. The molecule has 0 aliphatic carbocycles. The second kappa shape index (κ2) is 13.8. The van der Waals surface area contributed by atoms with Crippen molar-refractivity contribution in [1.82, 2.24) is 4.57 Å². The van der Waals surface area contributed by atoms with E-state index in [9.17, 15) is 19.2 Å². The number of carbonyl (C=O) groups excluding carboxylic acids is 3. The summed E-state index contributed by atoms with van der Waals surface area (Å²) >= 11 is 4.55. The van der Waals surface area contributed by atoms with Crippen molar-refractivity contribution in [2.75, 3.05) is 26.9 Å². The summed E-state index contributed by atoms with van der Waals surface area (Å²) in [5.74, 6) is -0.804. The van der Waals surface area contributed by atoms with Crippen LogP contribution in [0.25, 0.3) is 6.08 Å². The number of ether oxygens (including phenoxy) is 5. The zero-order chi connectivity index (χ0) is 31.3. The summed E-state index contributed by atoms with van der Waals surface area (Å²) in [5, 5.41) is 0. The van der Waals surface area contributed by atoms with E-state index < -0.39 is 29.5 Å². The number of hydrogen-bond donors (Lipinski definition) is 0. The Kier molecular flexibility index (Phi) is 10.2. The first-order valence-corrected chi connectivity index (χ1v) is 14.8. The fourth-order valence-electron chi connectivity index (χ4n) is 4.41. The molecule has 1 atom stereocenters. The SMILES string of the molecule is CCOC(=O)C1=C(C)N=c2s/c(=C/c3cc(Br)ccc3OC(C)=O)c(=O)n2[C@H]1c1ccc(OCC(=O)OC)c(OCC)c1. The molecule has 13 heteroatoms. The van der Waals surface area contributed by atoms with Crippen molar-refractivity contribution < 1.29 is 38.1 Å². The first-order valence-electron chi connectivity index (χ1n) is 13.2. The molecule has 0 amide bonds. The summed E-state index contributed by atoms with van der Waals surface area (Å²) in [6.07, 6.45) is 1.61. The molecule has 2 aromatic carbocycles. The van der Waals surface area contributed by atoms with Crippen LogP contribution in [0.15, 0.2) is 61.9 Å². The summed E-state index contributed by atoms with van der Waals surface area (Å²) in [5.41, 5.74) is 1.19. The molecule has 2 heterocycles. The van der Waals surface area contributed by atoms with E-state index in [1.54, 1.807) is 63.2 Å². The largest absolute Gasteiger partial charge is 0.490 e. The fourth-order valence-corrected chi connectivity index (χ4v) is 5.82. The summed E-state index contributed by atoms with van der Waals surface area (Å²) in [4.78, 5) is 55.6. The minimum atomic E-state index is -0.915. The van der Waals surface area contributed by atoms with Gasteiger partial charge in [-0.25, -0.2) is 14.6 Å². The summed E-state index contributed by atoms with van der Waals surface area (Å²) in [7, 11) is 1.26. The van der Waals surface area contributed by atoms with Crippen LogP contribution < -0.4 is 29.1 Å². The smallest absolute Gasteiger partial charge is 0.343 e. The monoisotopic (exact) mass is 672 g/mol. The van der Waals surface area contributed by atoms with Gasteiger partial charge in [-0.1, -0.05) is 33.3 Å². The van der Waals surface area contributed by atoms with Crippen LogP contribution in [0.1, 0.15) is 44.9 Å². The van der Waals surface area contributed by atoms with Gasteiger partial charge in [0.1, 0.15) is 5.75 Å². The van der Waals surface area contributed by atoms with E-state index in [4.69, 9.17) is 18.9 Å². The second-order valence-corrected chi connectivity index (χ2v) is 11.0. The number of hydrogen-bond acceptors (Lipinski definition) is 11. The van der Waals surface area contributed by atoms with Crippen molar-refractivity contribution in [3.05, 3.63) is 83.0 Å². The summed E-state index contributed by atoms with van der Waals surface area (Å²) in [6, 6.07) is 9.10. The molecule has 3 aromatic rings. The van der Waals surface area contributed by atoms with Crippen LogP contribution in [0.4, 0.5) is 0 Å². The molecule has 11 nitrogen and oxygen atoms in total. The van der Waals surface area contributed by atoms with Crippen LogP contribution in [0.2, 0.25) is 0 Å². The van der Waals surface area contributed by atoms with Crippen molar-refractivity contribution in [3.8, 4) is 17.2 Å². The van der Waals surface area contributed by atoms with E-state index >= 15 is 0 Å². The number of carbonyl (C=O) groups is 3. The van der Waals surface area contributed by atoms with Gasteiger partial charge < -0.3 is 23.7 Å². The van der Waals surface area contributed by atoms with Crippen LogP contribution in [0.5, 0.6) is 17.2 Å². The van der Waals surface area contributed by atoms with Gasteiger partial charge in [-0.15, -0.1) is 0 Å². The molecular formula is C30H29BrN2O9S. The van der Waals surface area contributed by atoms with E-state index in [0.717, 1.165) is 15.8 Å². The molecule has 4 rings (SSSR count). The van der Waals surface area contributed by atoms with Crippen LogP contribution in [-0.2, 0) is 23.9 Å². The number of aromatic nitrogens is 1. The minimum absolute atomic E-state index is 0.124. The Labute approximate surface area is 259 Å².